The second kappa shape index (κ2) is 6.50. The number of hydrogen-bond acceptors (Lipinski definition) is 6. The summed E-state index contributed by atoms with van der Waals surface area (Å²) in [7, 11) is 1.65. The Balaban J connectivity index is 1.54. The molecule has 0 saturated carbocycles. The molecule has 1 amide bonds. The molecule has 150 valence electrons. The van der Waals surface area contributed by atoms with E-state index < -0.39 is 30.6 Å². The number of carbonyl (C=O) groups excluding carboxylic acids is 1. The van der Waals surface area contributed by atoms with Crippen molar-refractivity contribution in [3.63, 3.8) is 0 Å². The molecule has 2 aliphatic rings. The maximum absolute atomic E-state index is 12.7. The third-order valence-corrected chi connectivity index (χ3v) is 6.11. The number of nitrogens with zero attached hydrogens (tertiary/aromatic N) is 4. The van der Waals surface area contributed by atoms with Crippen molar-refractivity contribution in [1.29, 1.82) is 0 Å². The number of aromatic nitrogens is 3. The van der Waals surface area contributed by atoms with Crippen molar-refractivity contribution in [2.75, 3.05) is 7.05 Å². The van der Waals surface area contributed by atoms with Gasteiger partial charge in [-0.3, -0.25) is 4.79 Å². The van der Waals surface area contributed by atoms with Crippen LogP contribution in [0.15, 0.2) is 36.8 Å². The molecule has 5 atom stereocenters. The van der Waals surface area contributed by atoms with Gasteiger partial charge in [0.05, 0.1) is 11.7 Å². The van der Waals surface area contributed by atoms with Crippen molar-refractivity contribution >= 4 is 28.5 Å². The molecular weight excluding hydrogens is 396 g/mol. The van der Waals surface area contributed by atoms with Crippen LogP contribution in [0, 0.1) is 6.92 Å². The molecular formula is C20H19ClN4O4. The van der Waals surface area contributed by atoms with Gasteiger partial charge in [-0.15, -0.1) is 0 Å². The average Bonchev–Trinajstić information content (AvgIpc) is 3.32. The molecule has 8 nitrogen and oxygen atoms in total. The lowest BCUT2D eigenvalue weighted by Gasteiger charge is -2.28. The number of aliphatic hydroxyl groups excluding tert-OH is 2. The predicted octanol–water partition coefficient (Wildman–Crippen LogP) is 1.84. The Labute approximate surface area is 171 Å². The quantitative estimate of drug-likeness (QED) is 0.663. The van der Waals surface area contributed by atoms with Gasteiger partial charge in [-0.25, -0.2) is 9.97 Å². The van der Waals surface area contributed by atoms with Crippen LogP contribution in [-0.4, -0.2) is 60.9 Å². The molecule has 3 aromatic rings. The fourth-order valence-electron chi connectivity index (χ4n) is 4.37. The number of halogens is 1. The van der Waals surface area contributed by atoms with E-state index >= 15 is 0 Å². The molecule has 2 aromatic heterocycles. The maximum atomic E-state index is 12.7. The first kappa shape index (κ1) is 18.5. The number of carbonyl (C=O) groups is 1. The van der Waals surface area contributed by atoms with Gasteiger partial charge in [-0.2, -0.15) is 0 Å². The Morgan fingerprint density at radius 1 is 1.17 bits per heavy atom. The topological polar surface area (TPSA) is 101 Å². The van der Waals surface area contributed by atoms with E-state index in [0.717, 1.165) is 11.1 Å². The lowest BCUT2D eigenvalue weighted by molar-refractivity contribution is -0.0582. The van der Waals surface area contributed by atoms with E-state index in [4.69, 9.17) is 16.3 Å². The molecule has 9 heteroatoms. The highest BCUT2D eigenvalue weighted by atomic mass is 35.5. The van der Waals surface area contributed by atoms with Gasteiger partial charge < -0.3 is 24.4 Å². The number of aliphatic hydroxyl groups is 2. The van der Waals surface area contributed by atoms with Crippen LogP contribution >= 0.6 is 11.6 Å². The monoisotopic (exact) mass is 414 g/mol. The Hall–Kier alpha value is -2.52. The summed E-state index contributed by atoms with van der Waals surface area (Å²) in [5, 5.41) is 22.9. The number of amides is 1. The molecule has 1 saturated heterocycles. The van der Waals surface area contributed by atoms with Gasteiger partial charge in [-0.05, 0) is 30.7 Å². The van der Waals surface area contributed by atoms with E-state index in [9.17, 15) is 15.0 Å². The highest BCUT2D eigenvalue weighted by Gasteiger charge is 2.52. The molecule has 1 aromatic carbocycles. The van der Waals surface area contributed by atoms with Crippen LogP contribution in [0.5, 0.6) is 0 Å². The fraction of sp³-hybridized carbons (Fsp3) is 0.350. The van der Waals surface area contributed by atoms with Gasteiger partial charge in [0.1, 0.15) is 30.3 Å². The second-order valence-corrected chi connectivity index (χ2v) is 7.92. The molecule has 0 spiro atoms. The third-order valence-electron chi connectivity index (χ3n) is 5.87. The summed E-state index contributed by atoms with van der Waals surface area (Å²) in [6, 6.07) is 6.39. The van der Waals surface area contributed by atoms with Crippen molar-refractivity contribution in [2.24, 2.45) is 0 Å². The van der Waals surface area contributed by atoms with Crippen molar-refractivity contribution < 1.29 is 19.7 Å². The van der Waals surface area contributed by atoms with Gasteiger partial charge >= 0.3 is 0 Å². The summed E-state index contributed by atoms with van der Waals surface area (Å²) in [5.74, 6) is -0.198. The molecule has 29 heavy (non-hydrogen) atoms. The number of ether oxygens (including phenoxy) is 1. The third kappa shape index (κ3) is 2.60. The first-order valence-corrected chi connectivity index (χ1v) is 9.62. The van der Waals surface area contributed by atoms with Crippen LogP contribution < -0.4 is 0 Å². The largest absolute Gasteiger partial charge is 0.387 e. The minimum absolute atomic E-state index is 0.198. The molecule has 4 heterocycles. The molecule has 0 bridgehead atoms. The maximum Gasteiger partial charge on any atom is 0.254 e. The first-order valence-electron chi connectivity index (χ1n) is 9.25. The SMILES string of the molecule is Cc1ncnc2c1ccn2[C@@H]1O[C@H](C2c3ccc(Cl)cc3C(=O)N2C)[C@@H](O)[C@H]1O. The Morgan fingerprint density at radius 2 is 1.97 bits per heavy atom. The number of likely N-dealkylation sites (N-methyl/N-ethyl adjacent to an activating group) is 1. The van der Waals surface area contributed by atoms with Crippen molar-refractivity contribution in [3.05, 3.63) is 58.6 Å². The van der Waals surface area contributed by atoms with E-state index in [-0.39, 0.29) is 5.91 Å². The van der Waals surface area contributed by atoms with Crippen LogP contribution in [0.4, 0.5) is 0 Å². The Bertz CT molecular complexity index is 1130. The van der Waals surface area contributed by atoms with Gasteiger partial charge in [0.15, 0.2) is 6.23 Å². The number of aryl methyl sites for hydroxylation is 1. The summed E-state index contributed by atoms with van der Waals surface area (Å²) >= 11 is 6.05. The Kier molecular flexibility index (Phi) is 4.15. The lowest BCUT2D eigenvalue weighted by Crippen LogP contribution is -2.40. The van der Waals surface area contributed by atoms with Crippen LogP contribution in [0.1, 0.15) is 33.9 Å². The highest BCUT2D eigenvalue weighted by molar-refractivity contribution is 6.31. The molecule has 1 unspecified atom stereocenters. The van der Waals surface area contributed by atoms with Gasteiger partial charge in [-0.1, -0.05) is 17.7 Å². The number of rotatable bonds is 2. The summed E-state index contributed by atoms with van der Waals surface area (Å²) in [5.41, 5.74) is 2.62. The van der Waals surface area contributed by atoms with E-state index in [0.29, 0.717) is 21.8 Å². The van der Waals surface area contributed by atoms with Crippen LogP contribution in [0.3, 0.4) is 0 Å². The van der Waals surface area contributed by atoms with Crippen LogP contribution in [0.2, 0.25) is 5.02 Å². The zero-order valence-corrected chi connectivity index (χ0v) is 16.5. The summed E-state index contributed by atoms with van der Waals surface area (Å²) in [6.07, 6.45) is -0.833. The summed E-state index contributed by atoms with van der Waals surface area (Å²) in [6.45, 7) is 1.87. The Morgan fingerprint density at radius 3 is 2.76 bits per heavy atom. The minimum atomic E-state index is -1.19. The first-order chi connectivity index (χ1) is 13.9. The average molecular weight is 415 g/mol. The van der Waals surface area contributed by atoms with Crippen LogP contribution in [-0.2, 0) is 4.74 Å². The zero-order valence-electron chi connectivity index (χ0n) is 15.7. The lowest BCUT2D eigenvalue weighted by atomic mass is 9.96. The fourth-order valence-corrected chi connectivity index (χ4v) is 4.55. The molecule has 0 aliphatic carbocycles. The van der Waals surface area contributed by atoms with Crippen molar-refractivity contribution in [1.82, 2.24) is 19.4 Å². The van der Waals surface area contributed by atoms with Gasteiger partial charge in [0.2, 0.25) is 0 Å². The highest BCUT2D eigenvalue weighted by Crippen LogP contribution is 2.44. The summed E-state index contributed by atoms with van der Waals surface area (Å²) in [4.78, 5) is 22.7. The standard InChI is InChI=1S/C20H19ClN4O4/c1-9-11-5-6-25(18(11)23-8-22-9)20-16(27)15(26)17(29-20)14-12-4-3-10(21)7-13(12)19(28)24(14)2/h3-8,14-17,20,26-27H,1-2H3/t14?,15-,16+,17+,20+/m0/s1. The molecule has 1 fully saturated rings. The van der Waals surface area contributed by atoms with E-state index in [1.54, 1.807) is 36.0 Å². The zero-order chi connectivity index (χ0) is 20.4. The molecule has 2 N–H and O–H groups in total. The number of fused-ring (bicyclic) bond motifs is 2. The smallest absolute Gasteiger partial charge is 0.254 e. The van der Waals surface area contributed by atoms with Crippen LogP contribution in [0.25, 0.3) is 11.0 Å². The number of hydrogen-bond donors (Lipinski definition) is 2. The molecule has 2 aliphatic heterocycles. The molecule has 0 radical (unpaired) electrons. The van der Waals surface area contributed by atoms with E-state index in [2.05, 4.69) is 9.97 Å². The van der Waals surface area contributed by atoms with Crippen molar-refractivity contribution in [2.45, 2.75) is 37.5 Å². The van der Waals surface area contributed by atoms with Crippen molar-refractivity contribution in [3.8, 4) is 0 Å². The van der Waals surface area contributed by atoms with Gasteiger partial charge in [0, 0.05) is 29.2 Å². The van der Waals surface area contributed by atoms with E-state index in [1.807, 2.05) is 13.0 Å². The van der Waals surface area contributed by atoms with Gasteiger partial charge in [0.25, 0.3) is 5.91 Å². The molecule has 5 rings (SSSR count). The predicted molar refractivity (Wildman–Crippen MR) is 104 cm³/mol. The minimum Gasteiger partial charge on any atom is -0.387 e. The normalized spacial score (nSPS) is 29.1. The second-order valence-electron chi connectivity index (χ2n) is 7.48. The summed E-state index contributed by atoms with van der Waals surface area (Å²) < 4.78 is 7.84. The number of benzene rings is 1. The van der Waals surface area contributed by atoms with E-state index in [1.165, 1.54) is 11.2 Å².